The number of aromatic nitrogens is 1. The molecule has 3 N–H and O–H groups in total. The minimum atomic E-state index is -0.120. The number of nitrogens with one attached hydrogen (secondary N) is 1. The Morgan fingerprint density at radius 1 is 1.62 bits per heavy atom. The Morgan fingerprint density at radius 2 is 2.46 bits per heavy atom. The molecule has 0 aliphatic carbocycles. The zero-order valence-electron chi connectivity index (χ0n) is 7.32. The maximum Gasteiger partial charge on any atom is 0.153 e. The Hall–Kier alpha value is -1.55. The van der Waals surface area contributed by atoms with E-state index in [2.05, 4.69) is 10.3 Å². The molecule has 4 heteroatoms. The summed E-state index contributed by atoms with van der Waals surface area (Å²) in [6.45, 7) is 0. The van der Waals surface area contributed by atoms with Crippen LogP contribution >= 0.6 is 0 Å². The fourth-order valence-corrected chi connectivity index (χ4v) is 1.42. The van der Waals surface area contributed by atoms with Gasteiger partial charge in [-0.1, -0.05) is 0 Å². The number of fused-ring (bicyclic) bond motifs is 1. The highest BCUT2D eigenvalue weighted by Crippen LogP contribution is 2.26. The van der Waals surface area contributed by atoms with Gasteiger partial charge in [-0.3, -0.25) is 0 Å². The highest BCUT2D eigenvalue weighted by molar-refractivity contribution is 5.66. The number of nitrogens with zero attached hydrogens (tertiary/aromatic N) is 1. The lowest BCUT2D eigenvalue weighted by atomic mass is 10.1. The zero-order valence-corrected chi connectivity index (χ0v) is 7.32. The molecular formula is C9H11N3O. The monoisotopic (exact) mass is 177 g/mol. The molecule has 0 radical (unpaired) electrons. The lowest BCUT2D eigenvalue weighted by Crippen LogP contribution is -2.21. The maximum absolute atomic E-state index is 5.71. The zero-order chi connectivity index (χ0) is 9.26. The van der Waals surface area contributed by atoms with Gasteiger partial charge in [0.25, 0.3) is 0 Å². The maximum atomic E-state index is 5.71. The number of anilines is 1. The van der Waals surface area contributed by atoms with Gasteiger partial charge < -0.3 is 15.8 Å². The molecule has 4 nitrogen and oxygen atoms in total. The molecule has 1 aromatic rings. The number of nitrogens with two attached hydrogens (primary N) is 1. The third-order valence-corrected chi connectivity index (χ3v) is 2.07. The summed E-state index contributed by atoms with van der Waals surface area (Å²) in [6.07, 6.45) is 5.27. The Morgan fingerprint density at radius 3 is 3.23 bits per heavy atom. The first-order valence-corrected chi connectivity index (χ1v) is 4.02. The lowest BCUT2D eigenvalue weighted by Gasteiger charge is -2.22. The summed E-state index contributed by atoms with van der Waals surface area (Å²) in [4.78, 5) is 4.00. The molecule has 0 aromatic carbocycles. The fourth-order valence-electron chi connectivity index (χ4n) is 1.42. The highest BCUT2D eigenvalue weighted by atomic mass is 16.5. The highest BCUT2D eigenvalue weighted by Gasteiger charge is 2.17. The van der Waals surface area contributed by atoms with Crippen LogP contribution in [0.15, 0.2) is 18.5 Å². The van der Waals surface area contributed by atoms with Gasteiger partial charge >= 0.3 is 0 Å². The molecule has 0 amide bonds. The fraction of sp³-hybridized carbons (Fsp3) is 0.222. The number of rotatable bonds is 1. The summed E-state index contributed by atoms with van der Waals surface area (Å²) in [6, 6.07) is 1.90. The van der Waals surface area contributed by atoms with Gasteiger partial charge in [0, 0.05) is 24.4 Å². The molecule has 0 saturated carbocycles. The Bertz CT molecular complexity index is 349. The number of pyridine rings is 1. The van der Waals surface area contributed by atoms with Crippen LogP contribution in [0.2, 0.25) is 0 Å². The molecule has 0 saturated heterocycles. The van der Waals surface area contributed by atoms with Gasteiger partial charge in [0.15, 0.2) is 6.23 Å². The SMILES string of the molecule is COC1NC=Cc2c1ccnc2N. The van der Waals surface area contributed by atoms with Gasteiger partial charge in [0.1, 0.15) is 5.82 Å². The van der Waals surface area contributed by atoms with Crippen molar-refractivity contribution >= 4 is 11.9 Å². The largest absolute Gasteiger partial charge is 0.383 e. The molecular weight excluding hydrogens is 166 g/mol. The molecule has 68 valence electrons. The number of hydrogen-bond acceptors (Lipinski definition) is 4. The Balaban J connectivity index is 2.53. The van der Waals surface area contributed by atoms with Crippen molar-refractivity contribution in [3.05, 3.63) is 29.6 Å². The van der Waals surface area contributed by atoms with E-state index in [-0.39, 0.29) is 6.23 Å². The Kier molecular flexibility index (Phi) is 1.90. The van der Waals surface area contributed by atoms with E-state index < -0.39 is 0 Å². The van der Waals surface area contributed by atoms with Crippen LogP contribution in [-0.4, -0.2) is 12.1 Å². The minimum absolute atomic E-state index is 0.120. The molecule has 1 aliphatic heterocycles. The van der Waals surface area contributed by atoms with Gasteiger partial charge in [0.05, 0.1) is 0 Å². The van der Waals surface area contributed by atoms with Gasteiger partial charge in [0.2, 0.25) is 0 Å². The van der Waals surface area contributed by atoms with Crippen LogP contribution in [0.4, 0.5) is 5.82 Å². The predicted octanol–water partition coefficient (Wildman–Crippen LogP) is 0.883. The van der Waals surface area contributed by atoms with Crippen LogP contribution in [0.1, 0.15) is 17.4 Å². The van der Waals surface area contributed by atoms with E-state index in [9.17, 15) is 0 Å². The van der Waals surface area contributed by atoms with Crippen molar-refractivity contribution in [1.82, 2.24) is 10.3 Å². The molecule has 2 heterocycles. The second-order valence-corrected chi connectivity index (χ2v) is 2.81. The van der Waals surface area contributed by atoms with E-state index in [1.54, 1.807) is 13.3 Å². The van der Waals surface area contributed by atoms with Crippen molar-refractivity contribution in [1.29, 1.82) is 0 Å². The summed E-state index contributed by atoms with van der Waals surface area (Å²) >= 11 is 0. The van der Waals surface area contributed by atoms with Crippen LogP contribution in [0.3, 0.4) is 0 Å². The molecule has 2 rings (SSSR count). The van der Waals surface area contributed by atoms with E-state index >= 15 is 0 Å². The van der Waals surface area contributed by atoms with Crippen molar-refractivity contribution < 1.29 is 4.74 Å². The number of hydrogen-bond donors (Lipinski definition) is 2. The number of ether oxygens (including phenoxy) is 1. The second-order valence-electron chi connectivity index (χ2n) is 2.81. The summed E-state index contributed by atoms with van der Waals surface area (Å²) in [5.74, 6) is 0.539. The molecule has 1 atom stereocenters. The number of nitrogen functional groups attached to an aromatic ring is 1. The number of methoxy groups -OCH3 is 1. The molecule has 1 aliphatic rings. The van der Waals surface area contributed by atoms with Crippen LogP contribution in [0, 0.1) is 0 Å². The summed E-state index contributed by atoms with van der Waals surface area (Å²) in [5.41, 5.74) is 7.68. The van der Waals surface area contributed by atoms with Crippen molar-refractivity contribution in [3.8, 4) is 0 Å². The molecule has 1 unspecified atom stereocenters. The van der Waals surface area contributed by atoms with E-state index in [0.29, 0.717) is 5.82 Å². The van der Waals surface area contributed by atoms with Crippen molar-refractivity contribution in [2.45, 2.75) is 6.23 Å². The van der Waals surface area contributed by atoms with E-state index in [4.69, 9.17) is 10.5 Å². The van der Waals surface area contributed by atoms with Crippen molar-refractivity contribution in [2.75, 3.05) is 12.8 Å². The van der Waals surface area contributed by atoms with Gasteiger partial charge in [-0.15, -0.1) is 0 Å². The molecule has 0 fully saturated rings. The van der Waals surface area contributed by atoms with E-state index in [1.807, 2.05) is 18.3 Å². The first kappa shape index (κ1) is 8.07. The normalized spacial score (nSPS) is 19.3. The van der Waals surface area contributed by atoms with E-state index in [0.717, 1.165) is 11.1 Å². The first-order valence-electron chi connectivity index (χ1n) is 4.02. The molecule has 0 spiro atoms. The minimum Gasteiger partial charge on any atom is -0.383 e. The van der Waals surface area contributed by atoms with Crippen LogP contribution < -0.4 is 11.1 Å². The van der Waals surface area contributed by atoms with Crippen molar-refractivity contribution in [2.24, 2.45) is 0 Å². The van der Waals surface area contributed by atoms with Crippen LogP contribution in [-0.2, 0) is 4.74 Å². The van der Waals surface area contributed by atoms with Crippen LogP contribution in [0.25, 0.3) is 6.08 Å². The second kappa shape index (κ2) is 3.06. The first-order chi connectivity index (χ1) is 6.33. The summed E-state index contributed by atoms with van der Waals surface area (Å²) in [5, 5.41) is 3.07. The molecule has 13 heavy (non-hydrogen) atoms. The Labute approximate surface area is 76.4 Å². The van der Waals surface area contributed by atoms with Gasteiger partial charge in [-0.25, -0.2) is 4.98 Å². The third kappa shape index (κ3) is 1.25. The summed E-state index contributed by atoms with van der Waals surface area (Å²) < 4.78 is 5.23. The quantitative estimate of drug-likeness (QED) is 0.668. The van der Waals surface area contributed by atoms with E-state index in [1.165, 1.54) is 0 Å². The average Bonchev–Trinajstić information content (AvgIpc) is 2.18. The predicted molar refractivity (Wildman–Crippen MR) is 50.6 cm³/mol. The van der Waals surface area contributed by atoms with Crippen molar-refractivity contribution in [3.63, 3.8) is 0 Å². The third-order valence-electron chi connectivity index (χ3n) is 2.07. The standard InChI is InChI=1S/C9H11N3O/c1-13-9-7-3-4-11-8(10)6(7)2-5-12-9/h2-5,9,12H,1H3,(H2,10,11). The van der Waals surface area contributed by atoms with Crippen LogP contribution in [0.5, 0.6) is 0 Å². The topological polar surface area (TPSA) is 60.2 Å². The van der Waals surface area contributed by atoms with Gasteiger partial charge in [-0.05, 0) is 18.3 Å². The molecule has 0 bridgehead atoms. The molecule has 1 aromatic heterocycles. The average molecular weight is 177 g/mol. The summed E-state index contributed by atoms with van der Waals surface area (Å²) in [7, 11) is 1.65. The van der Waals surface area contributed by atoms with Gasteiger partial charge in [-0.2, -0.15) is 0 Å². The lowest BCUT2D eigenvalue weighted by molar-refractivity contribution is 0.0848. The smallest absolute Gasteiger partial charge is 0.153 e.